The molecule has 0 aliphatic rings. The molecular weight excluding hydrogens is 338 g/mol. The Balaban J connectivity index is -0.00000000222. The fraction of sp³-hybridized carbons (Fsp3) is 0. The molecule has 0 saturated heterocycles. The van der Waals surface area contributed by atoms with Gasteiger partial charge in [0.1, 0.15) is 0 Å². The average molecular weight is 344 g/mol. The minimum Gasteiger partial charge on any atom is -2.00 e. The van der Waals surface area contributed by atoms with Gasteiger partial charge in [-0.1, -0.05) is 0 Å². The molecule has 0 aromatic rings. The molecule has 0 rings (SSSR count). The first-order valence-corrected chi connectivity index (χ1v) is 2.00. The molecule has 0 unspecified atom stereocenters. The van der Waals surface area contributed by atoms with Gasteiger partial charge < -0.3 is 42.0 Å². The van der Waals surface area contributed by atoms with Crippen LogP contribution in [0.1, 0.15) is 0 Å². The van der Waals surface area contributed by atoms with Crippen molar-refractivity contribution in [2.45, 2.75) is 0 Å². The Morgan fingerprint density at radius 2 is 0.786 bits per heavy atom. The van der Waals surface area contributed by atoms with Crippen molar-refractivity contribution in [3.8, 4) is 0 Å². The summed E-state index contributed by atoms with van der Waals surface area (Å²) >= 11 is 0. The molecule has 0 aliphatic heterocycles. The fourth-order valence-corrected chi connectivity index (χ4v) is 0. The van der Waals surface area contributed by atoms with Gasteiger partial charge in [-0.25, -0.2) is 0 Å². The van der Waals surface area contributed by atoms with Crippen molar-refractivity contribution >= 4 is 10.4 Å². The third kappa shape index (κ3) is 457. The van der Waals surface area contributed by atoms with E-state index in [0.717, 1.165) is 0 Å². The maximum atomic E-state index is 8.52. The van der Waals surface area contributed by atoms with Crippen LogP contribution in [0, 0.1) is 0 Å². The summed E-state index contributed by atoms with van der Waals surface area (Å²) in [6, 6.07) is 0. The van der Waals surface area contributed by atoms with Crippen LogP contribution in [-0.2, 0) is 62.5 Å². The van der Waals surface area contributed by atoms with Crippen LogP contribution in [-0.4, -0.2) is 34.0 Å². The van der Waals surface area contributed by atoms with Crippen LogP contribution in [0.15, 0.2) is 0 Å². The first kappa shape index (κ1) is 95.3. The summed E-state index contributed by atoms with van der Waals surface area (Å²) in [5.74, 6) is 0. The topological polar surface area (TPSA) is 260 Å². The first-order chi connectivity index (χ1) is 2.00. The van der Waals surface area contributed by atoms with Crippen LogP contribution in [0.25, 0.3) is 0 Å². The van der Waals surface area contributed by atoms with Crippen molar-refractivity contribution in [2.75, 3.05) is 0 Å². The fourth-order valence-electron chi connectivity index (χ4n) is 0. The molecule has 0 aromatic carbocycles. The van der Waals surface area contributed by atoms with E-state index in [1.165, 1.54) is 0 Å². The first-order valence-electron chi connectivity index (χ1n) is 0.667. The number of hydrogen-bond donors (Lipinski definition) is 0. The maximum Gasteiger partial charge on any atom is 2.00 e. The molecule has 10 nitrogen and oxygen atoms in total. The summed E-state index contributed by atoms with van der Waals surface area (Å²) in [6.07, 6.45) is 0. The second-order valence-electron chi connectivity index (χ2n) is 0.408. The van der Waals surface area contributed by atoms with E-state index in [0.29, 0.717) is 0 Å². The van der Waals surface area contributed by atoms with Crippen molar-refractivity contribution < 1.29 is 137 Å². The summed E-state index contributed by atoms with van der Waals surface area (Å²) in [7, 11) is -5.17. The van der Waals surface area contributed by atoms with Gasteiger partial charge in [0.05, 0.1) is 0 Å². The molecule has 14 heavy (non-hydrogen) atoms. The van der Waals surface area contributed by atoms with Crippen molar-refractivity contribution in [1.29, 1.82) is 0 Å². The summed E-state index contributed by atoms with van der Waals surface area (Å²) in [4.78, 5) is 0. The molecule has 0 spiro atoms. The van der Waals surface area contributed by atoms with Gasteiger partial charge >= 0.3 is 68.5 Å². The molecule has 0 bridgehead atoms. The normalized spacial score (nSPS) is 4.14. The Labute approximate surface area is 145 Å². The quantitative estimate of drug-likeness (QED) is 0.235. The summed E-state index contributed by atoms with van der Waals surface area (Å²) in [5.41, 5.74) is 0. The number of rotatable bonds is 0. The zero-order valence-electron chi connectivity index (χ0n) is 6.57. The molecular formula is H6FeKO10SV-5. The zero-order chi connectivity index (χ0) is 4.50. The Kier molecular flexibility index (Phi) is 308. The monoisotopic (exact) mass is 344 g/mol. The summed E-state index contributed by atoms with van der Waals surface area (Å²) in [6.45, 7) is 0. The molecule has 14 heteroatoms. The predicted molar refractivity (Wildman–Crippen MR) is 23.4 cm³/mol. The molecule has 6 N–H and O–H groups in total. The van der Waals surface area contributed by atoms with E-state index in [4.69, 9.17) is 17.5 Å². The van der Waals surface area contributed by atoms with Crippen molar-refractivity contribution in [1.82, 2.24) is 0 Å². The average Bonchev–Trinajstić information content (AvgIpc) is 0.722. The second-order valence-corrected chi connectivity index (χ2v) is 1.22. The Bertz CT molecular complexity index is 103. The standard InChI is InChI=1S/Fe.K.H2O4S.3H2O.3O.V/c;;1-5(2,3)4;;;;;;;/h;;(H2,1,2,3,4);3*1H2;;;;/q+2;+1;;;;;3*-2;/p-2. The minimum absolute atomic E-state index is 0. The van der Waals surface area contributed by atoms with Gasteiger partial charge in [-0.15, -0.1) is 0 Å². The third-order valence-electron chi connectivity index (χ3n) is 0. The second kappa shape index (κ2) is 45.3. The molecule has 0 amide bonds. The van der Waals surface area contributed by atoms with Crippen LogP contribution in [0.2, 0.25) is 0 Å². The summed E-state index contributed by atoms with van der Waals surface area (Å²) in [5, 5.41) is 0. The van der Waals surface area contributed by atoms with Crippen LogP contribution < -0.4 is 51.4 Å². The van der Waals surface area contributed by atoms with Gasteiger partial charge in [-0.2, -0.15) is 0 Å². The van der Waals surface area contributed by atoms with Crippen LogP contribution in [0.5, 0.6) is 0 Å². The molecule has 0 aromatic heterocycles. The predicted octanol–water partition coefficient (Wildman–Crippen LogP) is -7.17. The Hall–Kier alpha value is 2.37. The van der Waals surface area contributed by atoms with E-state index < -0.39 is 10.4 Å². The van der Waals surface area contributed by atoms with Gasteiger partial charge in [0.15, 0.2) is 0 Å². The Morgan fingerprint density at radius 3 is 0.786 bits per heavy atom. The van der Waals surface area contributed by atoms with Crippen LogP contribution in [0.3, 0.4) is 0 Å². The molecule has 0 aliphatic carbocycles. The van der Waals surface area contributed by atoms with Gasteiger partial charge in [0.2, 0.25) is 0 Å². The zero-order valence-corrected chi connectivity index (χ0v) is 13.0. The van der Waals surface area contributed by atoms with Crippen LogP contribution in [0.4, 0.5) is 0 Å². The van der Waals surface area contributed by atoms with Crippen molar-refractivity contribution in [3.63, 3.8) is 0 Å². The van der Waals surface area contributed by atoms with Gasteiger partial charge in [-0.3, -0.25) is 8.42 Å². The number of hydrogen-bond acceptors (Lipinski definition) is 4. The van der Waals surface area contributed by atoms with Crippen molar-refractivity contribution in [3.05, 3.63) is 0 Å². The molecule has 0 saturated carbocycles. The van der Waals surface area contributed by atoms with E-state index >= 15 is 0 Å². The van der Waals surface area contributed by atoms with Gasteiger partial charge in [0.25, 0.3) is 0 Å². The molecule has 0 fully saturated rings. The van der Waals surface area contributed by atoms with E-state index in [9.17, 15) is 0 Å². The SMILES string of the molecule is O.O.O.O=S(=O)([O-])[O-].[Fe+2].[K+].[O-2].[O-2].[O-2].[V]. The van der Waals surface area contributed by atoms with Gasteiger partial charge in [0, 0.05) is 29.0 Å². The third-order valence-corrected chi connectivity index (χ3v) is 0. The smallest absolute Gasteiger partial charge is 2.00 e. The molecule has 1 radical (unpaired) electrons. The van der Waals surface area contributed by atoms with Crippen molar-refractivity contribution in [2.24, 2.45) is 0 Å². The molecule has 0 heterocycles. The van der Waals surface area contributed by atoms with Crippen LogP contribution >= 0.6 is 0 Å². The Morgan fingerprint density at radius 1 is 0.786 bits per heavy atom. The minimum atomic E-state index is -5.17. The van der Waals surface area contributed by atoms with E-state index in [1.807, 2.05) is 0 Å². The largest absolute Gasteiger partial charge is 2.00 e. The molecule has 91 valence electrons. The van der Waals surface area contributed by atoms with E-state index in [1.54, 1.807) is 0 Å². The van der Waals surface area contributed by atoms with Gasteiger partial charge in [-0.05, 0) is 0 Å². The maximum absolute atomic E-state index is 8.52. The van der Waals surface area contributed by atoms with E-state index in [-0.39, 0.29) is 120 Å². The molecule has 0 atom stereocenters. The summed E-state index contributed by atoms with van der Waals surface area (Å²) < 4.78 is 34.1. The van der Waals surface area contributed by atoms with E-state index in [2.05, 4.69) is 0 Å².